The second kappa shape index (κ2) is 5.68. The highest BCUT2D eigenvalue weighted by atomic mass is 79.9. The van der Waals surface area contributed by atoms with Crippen LogP contribution >= 0.6 is 15.9 Å². The Morgan fingerprint density at radius 2 is 2.11 bits per heavy atom. The van der Waals surface area contributed by atoms with Crippen LogP contribution in [0.5, 0.6) is 17.4 Å². The highest BCUT2D eigenvalue weighted by Crippen LogP contribution is 2.29. The van der Waals surface area contributed by atoms with Gasteiger partial charge in [-0.15, -0.1) is 0 Å². The fourth-order valence-corrected chi connectivity index (χ4v) is 1.61. The number of hydrogen-bond acceptors (Lipinski definition) is 5. The average molecular weight is 310 g/mol. The molecule has 1 aromatic carbocycles. The third kappa shape index (κ3) is 3.10. The van der Waals surface area contributed by atoms with Crippen LogP contribution in [-0.2, 0) is 0 Å². The molecule has 18 heavy (non-hydrogen) atoms. The fourth-order valence-electron chi connectivity index (χ4n) is 1.34. The summed E-state index contributed by atoms with van der Waals surface area (Å²) in [5.41, 5.74) is 5.51. The first kappa shape index (κ1) is 12.6. The summed E-state index contributed by atoms with van der Waals surface area (Å²) < 4.78 is 11.6. The topological polar surface area (TPSA) is 70.3 Å². The van der Waals surface area contributed by atoms with Crippen molar-refractivity contribution in [2.45, 2.75) is 6.92 Å². The van der Waals surface area contributed by atoms with Crippen molar-refractivity contribution in [2.75, 3.05) is 12.3 Å². The van der Waals surface area contributed by atoms with Crippen molar-refractivity contribution in [1.82, 2.24) is 9.97 Å². The molecule has 0 saturated carbocycles. The number of hydrogen-bond donors (Lipinski definition) is 1. The van der Waals surface area contributed by atoms with Crippen molar-refractivity contribution in [3.8, 4) is 17.4 Å². The van der Waals surface area contributed by atoms with Crippen molar-refractivity contribution in [2.24, 2.45) is 0 Å². The Bertz CT molecular complexity index is 549. The van der Waals surface area contributed by atoms with E-state index in [9.17, 15) is 0 Å². The second-order valence-corrected chi connectivity index (χ2v) is 4.25. The van der Waals surface area contributed by atoms with Crippen molar-refractivity contribution in [3.05, 3.63) is 34.9 Å². The number of aromatic nitrogens is 2. The molecule has 0 amide bonds. The fraction of sp³-hybridized carbons (Fsp3) is 0.167. The summed E-state index contributed by atoms with van der Waals surface area (Å²) >= 11 is 3.30. The van der Waals surface area contributed by atoms with Gasteiger partial charge in [0, 0.05) is 6.07 Å². The van der Waals surface area contributed by atoms with Gasteiger partial charge in [0.05, 0.1) is 17.3 Å². The zero-order chi connectivity index (χ0) is 13.0. The number of nitrogen functional groups attached to an aromatic ring is 1. The minimum Gasteiger partial charge on any atom is -0.494 e. The zero-order valence-corrected chi connectivity index (χ0v) is 11.3. The summed E-state index contributed by atoms with van der Waals surface area (Å²) in [7, 11) is 0. The van der Waals surface area contributed by atoms with E-state index in [2.05, 4.69) is 25.9 Å². The van der Waals surface area contributed by atoms with E-state index in [0.29, 0.717) is 22.7 Å². The maximum Gasteiger partial charge on any atom is 0.238 e. The lowest BCUT2D eigenvalue weighted by molar-refractivity contribution is 0.338. The largest absolute Gasteiger partial charge is 0.494 e. The van der Waals surface area contributed by atoms with E-state index in [0.717, 1.165) is 5.75 Å². The molecule has 0 saturated heterocycles. The van der Waals surface area contributed by atoms with Gasteiger partial charge in [0.1, 0.15) is 11.5 Å². The average Bonchev–Trinajstić information content (AvgIpc) is 2.35. The lowest BCUT2D eigenvalue weighted by Crippen LogP contribution is -1.98. The third-order valence-corrected chi connectivity index (χ3v) is 2.61. The molecule has 94 valence electrons. The molecular formula is C12H12BrN3O2. The van der Waals surface area contributed by atoms with Crippen molar-refractivity contribution >= 4 is 21.9 Å². The molecule has 2 N–H and O–H groups in total. The molecular weight excluding hydrogens is 298 g/mol. The van der Waals surface area contributed by atoms with Gasteiger partial charge in [0.25, 0.3) is 0 Å². The van der Waals surface area contributed by atoms with Crippen LogP contribution in [0.4, 0.5) is 5.95 Å². The summed E-state index contributed by atoms with van der Waals surface area (Å²) in [6.45, 7) is 2.53. The van der Waals surface area contributed by atoms with Gasteiger partial charge in [-0.1, -0.05) is 6.07 Å². The Morgan fingerprint density at radius 1 is 1.33 bits per heavy atom. The van der Waals surface area contributed by atoms with E-state index in [-0.39, 0.29) is 5.95 Å². The number of nitrogens with two attached hydrogens (primary N) is 1. The molecule has 0 aliphatic heterocycles. The number of anilines is 1. The van der Waals surface area contributed by atoms with Gasteiger partial charge in [-0.25, -0.2) is 4.98 Å². The molecule has 0 radical (unpaired) electrons. The second-order valence-electron chi connectivity index (χ2n) is 3.39. The van der Waals surface area contributed by atoms with Gasteiger partial charge in [-0.2, -0.15) is 4.98 Å². The molecule has 6 heteroatoms. The monoisotopic (exact) mass is 309 g/mol. The van der Waals surface area contributed by atoms with Gasteiger partial charge in [-0.05, 0) is 35.0 Å². The lowest BCUT2D eigenvalue weighted by atomic mass is 10.3. The van der Waals surface area contributed by atoms with Gasteiger partial charge in [0.15, 0.2) is 0 Å². The van der Waals surface area contributed by atoms with Crippen LogP contribution in [-0.4, -0.2) is 16.6 Å². The predicted molar refractivity (Wildman–Crippen MR) is 71.8 cm³/mol. The number of halogens is 1. The molecule has 2 aromatic rings. The Labute approximate surface area is 113 Å². The smallest absolute Gasteiger partial charge is 0.238 e. The molecule has 0 fully saturated rings. The summed E-state index contributed by atoms with van der Waals surface area (Å²) in [5, 5.41) is 0. The summed E-state index contributed by atoms with van der Waals surface area (Å²) in [5.74, 6) is 1.90. The quantitative estimate of drug-likeness (QED) is 0.940. The van der Waals surface area contributed by atoms with E-state index in [1.165, 1.54) is 0 Å². The van der Waals surface area contributed by atoms with Gasteiger partial charge >= 0.3 is 0 Å². The Kier molecular flexibility index (Phi) is 3.99. The van der Waals surface area contributed by atoms with E-state index < -0.39 is 0 Å². The summed E-state index contributed by atoms with van der Waals surface area (Å²) in [6, 6.07) is 7.31. The number of benzene rings is 1. The minimum absolute atomic E-state index is 0.161. The van der Waals surface area contributed by atoms with Crippen molar-refractivity contribution in [1.29, 1.82) is 0 Å². The first-order chi connectivity index (χ1) is 8.69. The third-order valence-electron chi connectivity index (χ3n) is 2.06. The molecule has 1 heterocycles. The molecule has 0 spiro atoms. The summed E-state index contributed by atoms with van der Waals surface area (Å²) in [6.07, 6.45) is 1.55. The van der Waals surface area contributed by atoms with E-state index in [1.807, 2.05) is 25.1 Å². The maximum absolute atomic E-state index is 5.62. The van der Waals surface area contributed by atoms with Crippen LogP contribution in [0.3, 0.4) is 0 Å². The molecule has 0 unspecified atom stereocenters. The van der Waals surface area contributed by atoms with Crippen LogP contribution in [0.1, 0.15) is 6.92 Å². The lowest BCUT2D eigenvalue weighted by Gasteiger charge is -2.08. The first-order valence-corrected chi connectivity index (χ1v) is 6.17. The Hall–Kier alpha value is -1.82. The molecule has 0 atom stereocenters. The number of ether oxygens (including phenoxy) is 2. The first-order valence-electron chi connectivity index (χ1n) is 5.37. The Morgan fingerprint density at radius 3 is 2.89 bits per heavy atom. The highest BCUT2D eigenvalue weighted by molar-refractivity contribution is 9.10. The number of rotatable bonds is 4. The van der Waals surface area contributed by atoms with Crippen LogP contribution in [0.15, 0.2) is 34.9 Å². The van der Waals surface area contributed by atoms with Crippen LogP contribution in [0, 0.1) is 0 Å². The van der Waals surface area contributed by atoms with Gasteiger partial charge in [0.2, 0.25) is 11.8 Å². The SMILES string of the molecule is CCOc1cccc(Oc2nc(N)ncc2Br)c1. The standard InChI is InChI=1S/C12H12BrN3O2/c1-2-17-8-4-3-5-9(6-8)18-11-10(13)7-15-12(14)16-11/h3-7H,2H2,1H3,(H2,14,15,16). The van der Waals surface area contributed by atoms with Crippen molar-refractivity contribution < 1.29 is 9.47 Å². The minimum atomic E-state index is 0.161. The van der Waals surface area contributed by atoms with Crippen LogP contribution in [0.2, 0.25) is 0 Å². The molecule has 0 aliphatic rings. The van der Waals surface area contributed by atoms with E-state index in [1.54, 1.807) is 12.3 Å². The van der Waals surface area contributed by atoms with Crippen LogP contribution in [0.25, 0.3) is 0 Å². The molecule has 1 aromatic heterocycles. The predicted octanol–water partition coefficient (Wildman–Crippen LogP) is 3.01. The highest BCUT2D eigenvalue weighted by Gasteiger charge is 2.06. The molecule has 0 aliphatic carbocycles. The van der Waals surface area contributed by atoms with E-state index >= 15 is 0 Å². The molecule has 5 nitrogen and oxygen atoms in total. The van der Waals surface area contributed by atoms with Crippen molar-refractivity contribution in [3.63, 3.8) is 0 Å². The Balaban J connectivity index is 2.22. The summed E-state index contributed by atoms with van der Waals surface area (Å²) in [4.78, 5) is 7.84. The molecule has 2 rings (SSSR count). The normalized spacial score (nSPS) is 10.1. The van der Waals surface area contributed by atoms with Gasteiger partial charge in [-0.3, -0.25) is 0 Å². The zero-order valence-electron chi connectivity index (χ0n) is 9.76. The van der Waals surface area contributed by atoms with E-state index in [4.69, 9.17) is 15.2 Å². The van der Waals surface area contributed by atoms with Crippen LogP contribution < -0.4 is 15.2 Å². The number of nitrogens with zero attached hydrogens (tertiary/aromatic N) is 2. The maximum atomic E-state index is 5.62. The van der Waals surface area contributed by atoms with Gasteiger partial charge < -0.3 is 15.2 Å². The molecule has 0 bridgehead atoms.